The van der Waals surface area contributed by atoms with Crippen LogP contribution in [0.3, 0.4) is 0 Å². The number of ether oxygens (including phenoxy) is 1. The van der Waals surface area contributed by atoms with Gasteiger partial charge in [-0.15, -0.1) is 0 Å². The number of nitrogens with two attached hydrogens (primary N) is 1. The van der Waals surface area contributed by atoms with Gasteiger partial charge in [0.1, 0.15) is 11.8 Å². The van der Waals surface area contributed by atoms with Crippen molar-refractivity contribution in [3.05, 3.63) is 71.8 Å². The van der Waals surface area contributed by atoms with Crippen LogP contribution in [0.2, 0.25) is 0 Å². The monoisotopic (exact) mass is 391 g/mol. The number of carbonyl (C=O) groups excluding carboxylic acids is 2. The van der Waals surface area contributed by atoms with Crippen LogP contribution in [-0.4, -0.2) is 33.2 Å². The molecule has 1 aliphatic heterocycles. The molecule has 8 heteroatoms. The van der Waals surface area contributed by atoms with Crippen molar-refractivity contribution in [3.8, 4) is 5.69 Å². The molecular weight excluding hydrogens is 370 g/mol. The number of benzene rings is 1. The third kappa shape index (κ3) is 3.74. The summed E-state index contributed by atoms with van der Waals surface area (Å²) in [4.78, 5) is 28.0. The summed E-state index contributed by atoms with van der Waals surface area (Å²) < 4.78 is 7.75. The van der Waals surface area contributed by atoms with E-state index in [-0.39, 0.29) is 17.5 Å². The molecule has 0 saturated carbocycles. The molecule has 4 rings (SSSR count). The minimum atomic E-state index is -0.614. The zero-order chi connectivity index (χ0) is 20.4. The Bertz CT molecular complexity index is 1040. The molecule has 1 aliphatic rings. The number of primary amides is 1. The van der Waals surface area contributed by atoms with E-state index in [1.54, 1.807) is 12.3 Å². The molecule has 1 aromatic carbocycles. The summed E-state index contributed by atoms with van der Waals surface area (Å²) in [6, 6.07) is 12.9. The maximum Gasteiger partial charge on any atom is 0.267 e. The number of pyridine rings is 1. The Labute approximate surface area is 167 Å². The first-order valence-corrected chi connectivity index (χ1v) is 9.33. The lowest BCUT2D eigenvalue weighted by Crippen LogP contribution is -2.26. The first-order chi connectivity index (χ1) is 14.0. The molecular formula is C21H21N5O3. The van der Waals surface area contributed by atoms with Gasteiger partial charge in [0.2, 0.25) is 5.91 Å². The molecule has 2 atom stereocenters. The SMILES string of the molecule is Cc1ccccc1-n1nccc1[C@H]1OCC[C@@H]1C(=O)Nc1ccc(C(N)=O)nc1. The van der Waals surface area contributed by atoms with Crippen molar-refractivity contribution in [3.63, 3.8) is 0 Å². The summed E-state index contributed by atoms with van der Waals surface area (Å²) in [6.07, 6.45) is 3.32. The zero-order valence-electron chi connectivity index (χ0n) is 15.9. The third-order valence-corrected chi connectivity index (χ3v) is 5.02. The van der Waals surface area contributed by atoms with Crippen molar-refractivity contribution < 1.29 is 14.3 Å². The highest BCUT2D eigenvalue weighted by Crippen LogP contribution is 2.36. The molecule has 1 saturated heterocycles. The van der Waals surface area contributed by atoms with Crippen LogP contribution in [-0.2, 0) is 9.53 Å². The van der Waals surface area contributed by atoms with Crippen molar-refractivity contribution in [1.82, 2.24) is 14.8 Å². The molecule has 8 nitrogen and oxygen atoms in total. The molecule has 3 aromatic rings. The fourth-order valence-electron chi connectivity index (χ4n) is 3.53. The number of hydrogen-bond donors (Lipinski definition) is 2. The van der Waals surface area contributed by atoms with Gasteiger partial charge < -0.3 is 15.8 Å². The van der Waals surface area contributed by atoms with E-state index in [1.165, 1.54) is 12.3 Å². The van der Waals surface area contributed by atoms with E-state index < -0.39 is 12.0 Å². The number of aryl methyl sites for hydroxylation is 1. The van der Waals surface area contributed by atoms with Gasteiger partial charge in [0.05, 0.1) is 29.2 Å². The zero-order valence-corrected chi connectivity index (χ0v) is 15.9. The fourth-order valence-corrected chi connectivity index (χ4v) is 3.53. The summed E-state index contributed by atoms with van der Waals surface area (Å²) in [7, 11) is 0. The Hall–Kier alpha value is -3.52. The van der Waals surface area contributed by atoms with Crippen molar-refractivity contribution in [2.45, 2.75) is 19.4 Å². The molecule has 3 heterocycles. The minimum absolute atomic E-state index is 0.146. The lowest BCUT2D eigenvalue weighted by molar-refractivity contribution is -0.121. The van der Waals surface area contributed by atoms with Crippen LogP contribution in [0.25, 0.3) is 5.69 Å². The van der Waals surface area contributed by atoms with E-state index in [9.17, 15) is 9.59 Å². The molecule has 0 bridgehead atoms. The number of nitrogens with zero attached hydrogens (tertiary/aromatic N) is 3. The molecule has 2 amide bonds. The minimum Gasteiger partial charge on any atom is -0.371 e. The van der Waals surface area contributed by atoms with Gasteiger partial charge in [-0.25, -0.2) is 9.67 Å². The average molecular weight is 391 g/mol. The predicted octanol–water partition coefficient (Wildman–Crippen LogP) is 2.39. The second kappa shape index (κ2) is 7.84. The van der Waals surface area contributed by atoms with Crippen molar-refractivity contribution in [2.24, 2.45) is 11.7 Å². The lowest BCUT2D eigenvalue weighted by atomic mass is 9.97. The number of hydrogen-bond acceptors (Lipinski definition) is 5. The van der Waals surface area contributed by atoms with Crippen LogP contribution in [0.5, 0.6) is 0 Å². The van der Waals surface area contributed by atoms with Crippen LogP contribution in [0.15, 0.2) is 54.9 Å². The molecule has 3 N–H and O–H groups in total. The second-order valence-electron chi connectivity index (χ2n) is 6.93. The number of aromatic nitrogens is 3. The van der Waals surface area contributed by atoms with Crippen molar-refractivity contribution in [2.75, 3.05) is 11.9 Å². The summed E-state index contributed by atoms with van der Waals surface area (Å²) in [5.41, 5.74) is 8.71. The van der Waals surface area contributed by atoms with Crippen molar-refractivity contribution >= 4 is 17.5 Å². The maximum absolute atomic E-state index is 12.9. The molecule has 29 heavy (non-hydrogen) atoms. The van der Waals surface area contributed by atoms with E-state index >= 15 is 0 Å². The van der Waals surface area contributed by atoms with Crippen LogP contribution >= 0.6 is 0 Å². The van der Waals surface area contributed by atoms with Crippen LogP contribution in [0.1, 0.15) is 34.3 Å². The average Bonchev–Trinajstić information content (AvgIpc) is 3.38. The standard InChI is InChI=1S/C21H21N5O3/c1-13-4-2-3-5-17(13)26-18(8-10-24-26)19-15(9-11-29-19)21(28)25-14-6-7-16(20(22)27)23-12-14/h2-8,10,12,15,19H,9,11H2,1H3,(H2,22,27)(H,25,28)/t15-,19-/m0/s1. The van der Waals surface area contributed by atoms with Gasteiger partial charge >= 0.3 is 0 Å². The van der Waals surface area contributed by atoms with Crippen LogP contribution in [0.4, 0.5) is 5.69 Å². The molecule has 148 valence electrons. The predicted molar refractivity (Wildman–Crippen MR) is 106 cm³/mol. The van der Waals surface area contributed by atoms with Gasteiger partial charge in [0, 0.05) is 12.8 Å². The lowest BCUT2D eigenvalue weighted by Gasteiger charge is -2.20. The highest BCUT2D eigenvalue weighted by Gasteiger charge is 2.37. The van der Waals surface area contributed by atoms with Gasteiger partial charge in [0.25, 0.3) is 5.91 Å². The Morgan fingerprint density at radius 3 is 2.76 bits per heavy atom. The van der Waals surface area contributed by atoms with E-state index in [1.807, 2.05) is 41.9 Å². The quantitative estimate of drug-likeness (QED) is 0.693. The van der Waals surface area contributed by atoms with Crippen LogP contribution < -0.4 is 11.1 Å². The van der Waals surface area contributed by atoms with E-state index in [0.717, 1.165) is 16.9 Å². The van der Waals surface area contributed by atoms with Crippen LogP contribution in [0, 0.1) is 12.8 Å². The summed E-state index contributed by atoms with van der Waals surface area (Å²) >= 11 is 0. The Morgan fingerprint density at radius 1 is 1.21 bits per heavy atom. The first kappa shape index (κ1) is 18.8. The molecule has 0 aliphatic carbocycles. The third-order valence-electron chi connectivity index (χ3n) is 5.02. The van der Waals surface area contributed by atoms with E-state index in [0.29, 0.717) is 18.7 Å². The molecule has 0 radical (unpaired) electrons. The number of amides is 2. The second-order valence-corrected chi connectivity index (χ2v) is 6.93. The summed E-state index contributed by atoms with van der Waals surface area (Å²) in [5, 5.41) is 7.30. The fraction of sp³-hybridized carbons (Fsp3) is 0.238. The molecule has 1 fully saturated rings. The van der Waals surface area contributed by atoms with Gasteiger partial charge in [-0.3, -0.25) is 9.59 Å². The summed E-state index contributed by atoms with van der Waals surface area (Å²) in [6.45, 7) is 2.50. The molecule has 0 spiro atoms. The first-order valence-electron chi connectivity index (χ1n) is 9.33. The van der Waals surface area contributed by atoms with Gasteiger partial charge in [0.15, 0.2) is 0 Å². The number of carbonyl (C=O) groups is 2. The normalized spacial score (nSPS) is 18.5. The number of rotatable bonds is 5. The molecule has 2 aromatic heterocycles. The number of anilines is 1. The highest BCUT2D eigenvalue weighted by molar-refractivity contribution is 5.94. The Balaban J connectivity index is 1.56. The van der Waals surface area contributed by atoms with Gasteiger partial charge in [-0.1, -0.05) is 18.2 Å². The summed E-state index contributed by atoms with van der Waals surface area (Å²) in [5.74, 6) is -1.15. The topological polar surface area (TPSA) is 112 Å². The Morgan fingerprint density at radius 2 is 2.03 bits per heavy atom. The number of nitrogens with one attached hydrogen (secondary N) is 1. The Kier molecular flexibility index (Phi) is 5.09. The van der Waals surface area contributed by atoms with Gasteiger partial charge in [-0.05, 0) is 43.2 Å². The molecule has 0 unspecified atom stereocenters. The van der Waals surface area contributed by atoms with E-state index in [2.05, 4.69) is 15.4 Å². The van der Waals surface area contributed by atoms with Crippen molar-refractivity contribution in [1.29, 1.82) is 0 Å². The smallest absolute Gasteiger partial charge is 0.267 e. The van der Waals surface area contributed by atoms with E-state index in [4.69, 9.17) is 10.5 Å². The van der Waals surface area contributed by atoms with Gasteiger partial charge in [-0.2, -0.15) is 5.10 Å². The highest BCUT2D eigenvalue weighted by atomic mass is 16.5. The number of para-hydroxylation sites is 1. The maximum atomic E-state index is 12.9. The largest absolute Gasteiger partial charge is 0.371 e.